The first-order valence-corrected chi connectivity index (χ1v) is 5.44. The highest BCUT2D eigenvalue weighted by Gasteiger charge is 2.46. The van der Waals surface area contributed by atoms with E-state index in [-0.39, 0.29) is 26.1 Å². The Morgan fingerprint density at radius 1 is 1.25 bits per heavy atom. The van der Waals surface area contributed by atoms with Gasteiger partial charge in [-0.05, 0) is 19.8 Å². The average molecular weight is 232 g/mol. The Morgan fingerprint density at radius 2 is 1.88 bits per heavy atom. The number of carbonyl (C=O) groups is 2. The Labute approximate surface area is 95.7 Å². The molecule has 0 saturated heterocycles. The van der Waals surface area contributed by atoms with Crippen molar-refractivity contribution in [3.05, 3.63) is 0 Å². The zero-order chi connectivity index (χ0) is 12.6. The van der Waals surface area contributed by atoms with Crippen molar-refractivity contribution in [2.45, 2.75) is 33.1 Å². The van der Waals surface area contributed by atoms with E-state index in [1.165, 1.54) is 7.11 Å². The summed E-state index contributed by atoms with van der Waals surface area (Å²) in [6.45, 7) is 3.91. The number of hydrogen-bond acceptors (Lipinski definition) is 4. The maximum atomic E-state index is 11.7. The number of carboxylic acid groups (broad SMARTS) is 1. The number of ether oxygens (including phenoxy) is 2. The Hall–Kier alpha value is -1.10. The first kappa shape index (κ1) is 14.9. The van der Waals surface area contributed by atoms with Gasteiger partial charge in [0, 0.05) is 13.7 Å². The van der Waals surface area contributed by atoms with Crippen LogP contribution in [-0.4, -0.2) is 37.4 Å². The third-order valence-electron chi connectivity index (χ3n) is 2.49. The monoisotopic (exact) mass is 232 g/mol. The molecule has 1 unspecified atom stereocenters. The predicted octanol–water partition coefficient (Wildman–Crippen LogP) is 1.46. The number of esters is 1. The van der Waals surface area contributed by atoms with Crippen LogP contribution in [0.5, 0.6) is 0 Å². The van der Waals surface area contributed by atoms with Crippen molar-refractivity contribution in [1.29, 1.82) is 0 Å². The van der Waals surface area contributed by atoms with Gasteiger partial charge in [-0.2, -0.15) is 0 Å². The quantitative estimate of drug-likeness (QED) is 0.506. The number of carbonyl (C=O) groups excluding carboxylic acids is 1. The first-order valence-electron chi connectivity index (χ1n) is 5.44. The third kappa shape index (κ3) is 3.48. The largest absolute Gasteiger partial charge is 0.480 e. The van der Waals surface area contributed by atoms with Crippen LogP contribution >= 0.6 is 0 Å². The molecule has 0 radical (unpaired) electrons. The van der Waals surface area contributed by atoms with Crippen LogP contribution in [0.25, 0.3) is 0 Å². The average Bonchev–Trinajstić information content (AvgIpc) is 2.24. The van der Waals surface area contributed by atoms with Crippen LogP contribution in [0.1, 0.15) is 33.1 Å². The molecule has 0 aliphatic rings. The summed E-state index contributed by atoms with van der Waals surface area (Å²) in [5, 5.41) is 9.22. The number of carboxylic acids is 1. The molecule has 5 heteroatoms. The van der Waals surface area contributed by atoms with Crippen molar-refractivity contribution < 1.29 is 24.2 Å². The van der Waals surface area contributed by atoms with Crippen LogP contribution in [0.15, 0.2) is 0 Å². The highest BCUT2D eigenvalue weighted by molar-refractivity contribution is 5.99. The minimum atomic E-state index is -1.46. The molecule has 0 aromatic rings. The van der Waals surface area contributed by atoms with Crippen LogP contribution in [0.3, 0.4) is 0 Å². The van der Waals surface area contributed by atoms with E-state index in [4.69, 9.17) is 9.47 Å². The molecule has 0 aliphatic carbocycles. The van der Waals surface area contributed by atoms with Crippen LogP contribution in [-0.2, 0) is 19.1 Å². The van der Waals surface area contributed by atoms with E-state index in [2.05, 4.69) is 0 Å². The van der Waals surface area contributed by atoms with Gasteiger partial charge in [-0.25, -0.2) is 0 Å². The van der Waals surface area contributed by atoms with Gasteiger partial charge in [0.2, 0.25) is 0 Å². The van der Waals surface area contributed by atoms with E-state index in [0.717, 1.165) is 0 Å². The summed E-state index contributed by atoms with van der Waals surface area (Å²) >= 11 is 0. The zero-order valence-corrected chi connectivity index (χ0v) is 10.1. The molecule has 1 atom stereocenters. The predicted molar refractivity (Wildman–Crippen MR) is 58.1 cm³/mol. The van der Waals surface area contributed by atoms with Crippen molar-refractivity contribution in [2.75, 3.05) is 20.3 Å². The lowest BCUT2D eigenvalue weighted by molar-refractivity contribution is -0.170. The van der Waals surface area contributed by atoms with Gasteiger partial charge in [0.1, 0.15) is 0 Å². The summed E-state index contributed by atoms with van der Waals surface area (Å²) in [6, 6.07) is 0. The molecule has 5 nitrogen and oxygen atoms in total. The van der Waals surface area contributed by atoms with Crippen molar-refractivity contribution in [3.8, 4) is 0 Å². The molecule has 1 N–H and O–H groups in total. The molecule has 0 amide bonds. The van der Waals surface area contributed by atoms with Crippen molar-refractivity contribution in [2.24, 2.45) is 5.41 Å². The van der Waals surface area contributed by atoms with E-state index in [9.17, 15) is 14.7 Å². The molecule has 16 heavy (non-hydrogen) atoms. The van der Waals surface area contributed by atoms with Gasteiger partial charge in [0.05, 0.1) is 6.61 Å². The zero-order valence-electron chi connectivity index (χ0n) is 10.1. The topological polar surface area (TPSA) is 72.8 Å². The first-order chi connectivity index (χ1) is 7.55. The van der Waals surface area contributed by atoms with E-state index >= 15 is 0 Å². The summed E-state index contributed by atoms with van der Waals surface area (Å²) in [5.74, 6) is -1.80. The lowest BCUT2D eigenvalue weighted by Crippen LogP contribution is -2.41. The SMILES string of the molecule is CCCC(CCOC)(C(=O)O)C(=O)OCC. The van der Waals surface area contributed by atoms with Gasteiger partial charge in [-0.3, -0.25) is 9.59 Å². The number of methoxy groups -OCH3 is 1. The van der Waals surface area contributed by atoms with Crippen molar-refractivity contribution in [1.82, 2.24) is 0 Å². The maximum absolute atomic E-state index is 11.7. The third-order valence-corrected chi connectivity index (χ3v) is 2.49. The molecule has 94 valence electrons. The van der Waals surface area contributed by atoms with Gasteiger partial charge in [0.25, 0.3) is 0 Å². The van der Waals surface area contributed by atoms with E-state index in [1.54, 1.807) is 6.92 Å². The van der Waals surface area contributed by atoms with Gasteiger partial charge >= 0.3 is 11.9 Å². The van der Waals surface area contributed by atoms with Crippen LogP contribution < -0.4 is 0 Å². The summed E-state index contributed by atoms with van der Waals surface area (Å²) in [6.07, 6.45) is 1.02. The van der Waals surface area contributed by atoms with Gasteiger partial charge in [0.15, 0.2) is 5.41 Å². The number of aliphatic carboxylic acids is 1. The Balaban J connectivity index is 4.91. The highest BCUT2D eigenvalue weighted by atomic mass is 16.5. The molecule has 0 aliphatic heterocycles. The van der Waals surface area contributed by atoms with E-state index in [1.807, 2.05) is 6.92 Å². The van der Waals surface area contributed by atoms with Crippen molar-refractivity contribution >= 4 is 11.9 Å². The fraction of sp³-hybridized carbons (Fsp3) is 0.818. The summed E-state index contributed by atoms with van der Waals surface area (Å²) in [4.78, 5) is 23.0. The molecule has 0 spiro atoms. The van der Waals surface area contributed by atoms with Crippen LogP contribution in [0.4, 0.5) is 0 Å². The Bertz CT molecular complexity index is 239. The number of hydrogen-bond donors (Lipinski definition) is 1. The van der Waals surface area contributed by atoms with E-state index < -0.39 is 17.4 Å². The summed E-state index contributed by atoms with van der Waals surface area (Å²) in [5.41, 5.74) is -1.46. The lowest BCUT2D eigenvalue weighted by atomic mass is 9.80. The molecule has 0 fully saturated rings. The molecule has 0 heterocycles. The molecule has 0 saturated carbocycles. The lowest BCUT2D eigenvalue weighted by Gasteiger charge is -2.26. The van der Waals surface area contributed by atoms with E-state index in [0.29, 0.717) is 6.42 Å². The molecule has 0 aromatic carbocycles. The highest BCUT2D eigenvalue weighted by Crippen LogP contribution is 2.30. The second kappa shape index (κ2) is 7.22. The molecule has 0 aromatic heterocycles. The normalized spacial score (nSPS) is 14.2. The summed E-state index contributed by atoms with van der Waals surface area (Å²) < 4.78 is 9.69. The van der Waals surface area contributed by atoms with Crippen molar-refractivity contribution in [3.63, 3.8) is 0 Å². The van der Waals surface area contributed by atoms with Gasteiger partial charge in [-0.1, -0.05) is 13.3 Å². The minimum Gasteiger partial charge on any atom is -0.480 e. The minimum absolute atomic E-state index is 0.144. The fourth-order valence-electron chi connectivity index (χ4n) is 1.60. The Morgan fingerprint density at radius 3 is 2.25 bits per heavy atom. The molecule has 0 rings (SSSR count). The molecular formula is C11H20O5. The number of rotatable bonds is 8. The fourth-order valence-corrected chi connectivity index (χ4v) is 1.60. The van der Waals surface area contributed by atoms with Gasteiger partial charge < -0.3 is 14.6 Å². The van der Waals surface area contributed by atoms with Gasteiger partial charge in [-0.15, -0.1) is 0 Å². The van der Waals surface area contributed by atoms with Crippen LogP contribution in [0, 0.1) is 5.41 Å². The van der Waals surface area contributed by atoms with Crippen LogP contribution in [0.2, 0.25) is 0 Å². The molecule has 0 bridgehead atoms. The summed E-state index contributed by atoms with van der Waals surface area (Å²) in [7, 11) is 1.48. The second-order valence-electron chi connectivity index (χ2n) is 3.60. The second-order valence-corrected chi connectivity index (χ2v) is 3.60. The standard InChI is InChI=1S/C11H20O5/c1-4-6-11(9(12)13,7-8-15-3)10(14)16-5-2/h4-8H2,1-3H3,(H,12,13). The molecular weight excluding hydrogens is 212 g/mol. The Kier molecular flexibility index (Phi) is 6.72. The smallest absolute Gasteiger partial charge is 0.323 e. The maximum Gasteiger partial charge on any atom is 0.323 e.